The van der Waals surface area contributed by atoms with Gasteiger partial charge in [-0.1, -0.05) is 23.8 Å². The number of hydrogen-bond donors (Lipinski definition) is 0. The molecule has 3 nitrogen and oxygen atoms in total. The second kappa shape index (κ2) is 6.90. The highest BCUT2D eigenvalue weighted by atomic mass is 32.7. The summed E-state index contributed by atoms with van der Waals surface area (Å²) in [5.41, 5.74) is 1.13. The van der Waals surface area contributed by atoms with Gasteiger partial charge in [0.1, 0.15) is 5.75 Å². The molecule has 5 heteroatoms. The lowest BCUT2D eigenvalue weighted by molar-refractivity contribution is 0.296. The largest absolute Gasteiger partial charge is 0.440 e. The summed E-state index contributed by atoms with van der Waals surface area (Å²) in [6.07, 6.45) is 1.68. The maximum absolute atomic E-state index is 12.3. The second-order valence-corrected chi connectivity index (χ2v) is 7.40. The lowest BCUT2D eigenvalue weighted by atomic mass is 10.2. The standard InChI is InChI=1S/C12H17O3PS/c1-4-10-17-16(13,14-5-2)15-12-8-6-11(3)7-9-12/h4,6-9H,1,5,10H2,2-3H3. The number of rotatable bonds is 7. The molecule has 0 amide bonds. The van der Waals surface area contributed by atoms with Gasteiger partial charge >= 0.3 is 6.80 Å². The molecule has 0 fully saturated rings. The van der Waals surface area contributed by atoms with Gasteiger partial charge in [-0.3, -0.25) is 4.52 Å². The van der Waals surface area contributed by atoms with Crippen molar-refractivity contribution in [3.63, 3.8) is 0 Å². The second-order valence-electron chi connectivity index (χ2n) is 3.35. The third-order valence-electron chi connectivity index (χ3n) is 1.88. The van der Waals surface area contributed by atoms with Gasteiger partial charge in [0.15, 0.2) is 0 Å². The molecule has 0 aromatic heterocycles. The van der Waals surface area contributed by atoms with E-state index in [4.69, 9.17) is 9.05 Å². The molecule has 17 heavy (non-hydrogen) atoms. The van der Waals surface area contributed by atoms with E-state index in [-0.39, 0.29) is 0 Å². The van der Waals surface area contributed by atoms with Crippen molar-refractivity contribution in [2.75, 3.05) is 12.4 Å². The highest BCUT2D eigenvalue weighted by Crippen LogP contribution is 2.59. The Morgan fingerprint density at radius 1 is 1.41 bits per heavy atom. The maximum Gasteiger partial charge on any atom is 0.440 e. The van der Waals surface area contributed by atoms with Gasteiger partial charge in [0.2, 0.25) is 0 Å². The van der Waals surface area contributed by atoms with Crippen LogP contribution in [0.2, 0.25) is 0 Å². The normalized spacial score (nSPS) is 14.0. The smallest absolute Gasteiger partial charge is 0.417 e. The van der Waals surface area contributed by atoms with Gasteiger partial charge in [0.25, 0.3) is 0 Å². The Hall–Kier alpha value is -0.700. The molecule has 1 aromatic rings. The summed E-state index contributed by atoms with van der Waals surface area (Å²) < 4.78 is 23.0. The third kappa shape index (κ3) is 4.99. The zero-order valence-corrected chi connectivity index (χ0v) is 11.8. The highest BCUT2D eigenvalue weighted by molar-refractivity contribution is 8.55. The first-order chi connectivity index (χ1) is 8.09. The highest BCUT2D eigenvalue weighted by Gasteiger charge is 2.26. The molecule has 0 saturated heterocycles. The van der Waals surface area contributed by atoms with Crippen LogP contribution in [0, 0.1) is 6.92 Å². The fourth-order valence-electron chi connectivity index (χ4n) is 1.12. The van der Waals surface area contributed by atoms with Crippen molar-refractivity contribution in [1.82, 2.24) is 0 Å². The Kier molecular flexibility index (Phi) is 5.83. The average molecular weight is 272 g/mol. The summed E-state index contributed by atoms with van der Waals surface area (Å²) in [6.45, 7) is 4.59. The molecule has 0 saturated carbocycles. The van der Waals surface area contributed by atoms with Crippen LogP contribution in [-0.2, 0) is 9.09 Å². The van der Waals surface area contributed by atoms with Crippen LogP contribution in [0.4, 0.5) is 0 Å². The Morgan fingerprint density at radius 2 is 2.06 bits per heavy atom. The van der Waals surface area contributed by atoms with Crippen molar-refractivity contribution < 1.29 is 13.6 Å². The van der Waals surface area contributed by atoms with Crippen LogP contribution in [0.3, 0.4) is 0 Å². The summed E-state index contributed by atoms with van der Waals surface area (Å²) >= 11 is 1.14. The van der Waals surface area contributed by atoms with Crippen molar-refractivity contribution in [2.24, 2.45) is 0 Å². The monoisotopic (exact) mass is 272 g/mol. The van der Waals surface area contributed by atoms with E-state index in [9.17, 15) is 4.57 Å². The topological polar surface area (TPSA) is 35.5 Å². The lowest BCUT2D eigenvalue weighted by Crippen LogP contribution is -1.95. The van der Waals surface area contributed by atoms with Crippen LogP contribution in [0.1, 0.15) is 12.5 Å². The Balaban J connectivity index is 2.74. The SMILES string of the molecule is C=CCSP(=O)(OCC)Oc1ccc(C)cc1. The van der Waals surface area contributed by atoms with E-state index in [0.29, 0.717) is 18.1 Å². The molecule has 0 heterocycles. The van der Waals surface area contributed by atoms with E-state index < -0.39 is 6.80 Å². The molecule has 0 radical (unpaired) electrons. The third-order valence-corrected chi connectivity index (χ3v) is 5.52. The van der Waals surface area contributed by atoms with E-state index in [1.165, 1.54) is 0 Å². The fraction of sp³-hybridized carbons (Fsp3) is 0.333. The minimum atomic E-state index is -3.13. The Labute approximate surface area is 106 Å². The van der Waals surface area contributed by atoms with Crippen LogP contribution in [0.15, 0.2) is 36.9 Å². The zero-order chi connectivity index (χ0) is 12.7. The first-order valence-electron chi connectivity index (χ1n) is 5.36. The molecule has 0 N–H and O–H groups in total. The molecule has 0 aliphatic carbocycles. The van der Waals surface area contributed by atoms with E-state index >= 15 is 0 Å². The molecule has 94 valence electrons. The predicted octanol–water partition coefficient (Wildman–Crippen LogP) is 4.44. The zero-order valence-electron chi connectivity index (χ0n) is 10.1. The van der Waals surface area contributed by atoms with Crippen molar-refractivity contribution in [1.29, 1.82) is 0 Å². The summed E-state index contributed by atoms with van der Waals surface area (Å²) in [5.74, 6) is 1.09. The summed E-state index contributed by atoms with van der Waals surface area (Å²) in [5, 5.41) is 0. The number of aryl methyl sites for hydroxylation is 1. The molecule has 0 bridgehead atoms. The molecule has 1 rings (SSSR count). The first kappa shape index (κ1) is 14.4. The van der Waals surface area contributed by atoms with Gasteiger partial charge in [0.05, 0.1) is 6.61 Å². The molecule has 0 aliphatic rings. The minimum absolute atomic E-state index is 0.354. The molecular formula is C12H17O3PS. The van der Waals surface area contributed by atoms with Crippen molar-refractivity contribution in [3.8, 4) is 5.75 Å². The van der Waals surface area contributed by atoms with Gasteiger partial charge < -0.3 is 4.52 Å². The number of benzene rings is 1. The molecule has 1 aromatic carbocycles. The molecule has 0 aliphatic heterocycles. The lowest BCUT2D eigenvalue weighted by Gasteiger charge is -2.17. The summed E-state index contributed by atoms with van der Waals surface area (Å²) in [7, 11) is 0. The Morgan fingerprint density at radius 3 is 2.59 bits per heavy atom. The molecule has 1 atom stereocenters. The molecule has 1 unspecified atom stereocenters. The summed E-state index contributed by atoms with van der Waals surface area (Å²) in [4.78, 5) is 0. The fourth-order valence-corrected chi connectivity index (χ4v) is 4.10. The van der Waals surface area contributed by atoms with Gasteiger partial charge in [-0.15, -0.1) is 6.58 Å². The van der Waals surface area contributed by atoms with Gasteiger partial charge in [-0.05, 0) is 37.4 Å². The van der Waals surface area contributed by atoms with Gasteiger partial charge in [-0.25, -0.2) is 4.57 Å². The van der Waals surface area contributed by atoms with Crippen LogP contribution in [0.25, 0.3) is 0 Å². The van der Waals surface area contributed by atoms with Crippen molar-refractivity contribution in [3.05, 3.63) is 42.5 Å². The summed E-state index contributed by atoms with van der Waals surface area (Å²) in [6, 6.07) is 7.39. The van der Waals surface area contributed by atoms with Crippen LogP contribution in [-0.4, -0.2) is 12.4 Å². The van der Waals surface area contributed by atoms with E-state index in [1.807, 2.05) is 19.1 Å². The van der Waals surface area contributed by atoms with Crippen LogP contribution < -0.4 is 4.52 Å². The maximum atomic E-state index is 12.3. The van der Waals surface area contributed by atoms with Gasteiger partial charge in [-0.2, -0.15) is 0 Å². The number of hydrogen-bond acceptors (Lipinski definition) is 4. The molecule has 0 spiro atoms. The first-order valence-corrected chi connectivity index (χ1v) is 8.49. The van der Waals surface area contributed by atoms with E-state index in [0.717, 1.165) is 16.9 Å². The average Bonchev–Trinajstić information content (AvgIpc) is 2.30. The van der Waals surface area contributed by atoms with Crippen molar-refractivity contribution >= 4 is 18.2 Å². The molecular weight excluding hydrogens is 255 g/mol. The minimum Gasteiger partial charge on any atom is -0.417 e. The van der Waals surface area contributed by atoms with E-state index in [2.05, 4.69) is 6.58 Å². The van der Waals surface area contributed by atoms with Crippen LogP contribution >= 0.6 is 18.2 Å². The predicted molar refractivity (Wildman–Crippen MR) is 73.7 cm³/mol. The van der Waals surface area contributed by atoms with Crippen molar-refractivity contribution in [2.45, 2.75) is 13.8 Å². The Bertz CT molecular complexity index is 403. The van der Waals surface area contributed by atoms with Crippen LogP contribution in [0.5, 0.6) is 5.75 Å². The quantitative estimate of drug-likeness (QED) is 0.543. The van der Waals surface area contributed by atoms with E-state index in [1.54, 1.807) is 25.1 Å². The van der Waals surface area contributed by atoms with Gasteiger partial charge in [0, 0.05) is 5.75 Å².